The summed E-state index contributed by atoms with van der Waals surface area (Å²) in [4.78, 5) is 24.7. The number of benzene rings is 1. The Morgan fingerprint density at radius 2 is 1.83 bits per heavy atom. The lowest BCUT2D eigenvalue weighted by Crippen LogP contribution is -2.27. The van der Waals surface area contributed by atoms with Crippen LogP contribution < -0.4 is 10.0 Å². The quantitative estimate of drug-likeness (QED) is 0.457. The Hall–Kier alpha value is -2.76. The molecule has 0 saturated heterocycles. The summed E-state index contributed by atoms with van der Waals surface area (Å²) in [5, 5.41) is 6.89. The second kappa shape index (κ2) is 9.63. The van der Waals surface area contributed by atoms with Gasteiger partial charge >= 0.3 is 5.97 Å². The monoisotopic (exact) mass is 424 g/mol. The average molecular weight is 424 g/mol. The first kappa shape index (κ1) is 22.5. The molecule has 0 bridgehead atoms. The van der Waals surface area contributed by atoms with E-state index in [0.717, 1.165) is 0 Å². The van der Waals surface area contributed by atoms with Gasteiger partial charge in [0.15, 0.2) is 5.69 Å². The molecule has 0 atom stereocenters. The highest BCUT2D eigenvalue weighted by atomic mass is 32.2. The second-order valence-electron chi connectivity index (χ2n) is 5.99. The Bertz CT molecular complexity index is 983. The lowest BCUT2D eigenvalue weighted by molar-refractivity contribution is 0.0588. The summed E-state index contributed by atoms with van der Waals surface area (Å²) >= 11 is 0. The van der Waals surface area contributed by atoms with Crippen LogP contribution in [0.1, 0.15) is 33.5 Å². The molecule has 0 saturated carbocycles. The molecule has 0 unspecified atom stereocenters. The van der Waals surface area contributed by atoms with Crippen LogP contribution in [-0.4, -0.2) is 57.4 Å². The Balaban J connectivity index is 2.23. The lowest BCUT2D eigenvalue weighted by atomic mass is 10.2. The maximum Gasteiger partial charge on any atom is 0.358 e. The first-order chi connectivity index (χ1) is 13.7. The fraction of sp³-hybridized carbons (Fsp3) is 0.389. The zero-order valence-corrected chi connectivity index (χ0v) is 17.5. The van der Waals surface area contributed by atoms with Crippen LogP contribution in [0.15, 0.2) is 29.2 Å². The summed E-state index contributed by atoms with van der Waals surface area (Å²) < 4.78 is 37.8. The number of rotatable bonds is 9. The van der Waals surface area contributed by atoms with Gasteiger partial charge < -0.3 is 14.8 Å². The Morgan fingerprint density at radius 3 is 2.38 bits per heavy atom. The van der Waals surface area contributed by atoms with Crippen molar-refractivity contribution in [1.29, 1.82) is 0 Å². The van der Waals surface area contributed by atoms with Crippen LogP contribution >= 0.6 is 0 Å². The fourth-order valence-electron chi connectivity index (χ4n) is 2.60. The van der Waals surface area contributed by atoms with Gasteiger partial charge in [0, 0.05) is 25.8 Å². The van der Waals surface area contributed by atoms with Crippen LogP contribution in [0.3, 0.4) is 0 Å². The molecule has 158 valence electrons. The van der Waals surface area contributed by atoms with Crippen molar-refractivity contribution in [2.45, 2.75) is 25.3 Å². The van der Waals surface area contributed by atoms with E-state index in [2.05, 4.69) is 15.1 Å². The molecular weight excluding hydrogens is 400 g/mol. The van der Waals surface area contributed by atoms with Crippen molar-refractivity contribution in [3.05, 3.63) is 41.2 Å². The molecule has 0 fully saturated rings. The highest BCUT2D eigenvalue weighted by molar-refractivity contribution is 7.89. The fourth-order valence-corrected chi connectivity index (χ4v) is 3.61. The molecule has 0 aliphatic rings. The van der Waals surface area contributed by atoms with Gasteiger partial charge in [0.1, 0.15) is 0 Å². The predicted octanol–water partition coefficient (Wildman–Crippen LogP) is 1.18. The SMILES string of the molecule is CCn1nc(C)c(NC(=O)c2ccc(S(=O)(=O)NCCOC)cc2)c1C(=O)OC. The topological polar surface area (TPSA) is 129 Å². The largest absolute Gasteiger partial charge is 0.464 e. The summed E-state index contributed by atoms with van der Waals surface area (Å²) in [6.45, 7) is 4.27. The maximum atomic E-state index is 12.6. The molecular formula is C18H24N4O6S. The Morgan fingerprint density at radius 1 is 1.17 bits per heavy atom. The molecule has 11 heteroatoms. The number of nitrogens with zero attached hydrogens (tertiary/aromatic N) is 2. The Labute approximate surface area is 169 Å². The van der Waals surface area contributed by atoms with Crippen molar-refractivity contribution in [2.75, 3.05) is 32.7 Å². The van der Waals surface area contributed by atoms with E-state index in [0.29, 0.717) is 12.2 Å². The highest BCUT2D eigenvalue weighted by Crippen LogP contribution is 2.22. The van der Waals surface area contributed by atoms with Gasteiger partial charge in [-0.25, -0.2) is 17.9 Å². The maximum absolute atomic E-state index is 12.6. The summed E-state index contributed by atoms with van der Waals surface area (Å²) in [6, 6.07) is 5.43. The van der Waals surface area contributed by atoms with Gasteiger partial charge in [-0.1, -0.05) is 0 Å². The highest BCUT2D eigenvalue weighted by Gasteiger charge is 2.24. The molecule has 2 rings (SSSR count). The molecule has 2 N–H and O–H groups in total. The van der Waals surface area contributed by atoms with Crippen LogP contribution in [0.2, 0.25) is 0 Å². The molecule has 1 amide bonds. The van der Waals surface area contributed by atoms with Gasteiger partial charge in [-0.15, -0.1) is 0 Å². The number of nitrogens with one attached hydrogen (secondary N) is 2. The first-order valence-electron chi connectivity index (χ1n) is 8.80. The number of carbonyl (C=O) groups excluding carboxylic acids is 2. The van der Waals surface area contributed by atoms with Gasteiger partial charge in [0.2, 0.25) is 10.0 Å². The van der Waals surface area contributed by atoms with Crippen molar-refractivity contribution in [2.24, 2.45) is 0 Å². The van der Waals surface area contributed by atoms with Crippen LogP contribution in [-0.2, 0) is 26.0 Å². The number of hydrogen-bond acceptors (Lipinski definition) is 7. The summed E-state index contributed by atoms with van der Waals surface area (Å²) in [7, 11) is -0.981. The smallest absolute Gasteiger partial charge is 0.358 e. The molecule has 1 aromatic carbocycles. The number of hydrogen-bond donors (Lipinski definition) is 2. The average Bonchev–Trinajstić information content (AvgIpc) is 3.03. The molecule has 0 radical (unpaired) electrons. The number of methoxy groups -OCH3 is 2. The molecule has 2 aromatic rings. The third kappa shape index (κ3) is 5.19. The number of sulfonamides is 1. The Kier molecular flexibility index (Phi) is 7.48. The minimum absolute atomic E-state index is 0.0235. The van der Waals surface area contributed by atoms with Crippen molar-refractivity contribution in [3.63, 3.8) is 0 Å². The third-order valence-corrected chi connectivity index (χ3v) is 5.55. The van der Waals surface area contributed by atoms with Gasteiger partial charge in [-0.2, -0.15) is 5.10 Å². The number of amides is 1. The zero-order chi connectivity index (χ0) is 21.6. The number of esters is 1. The number of aromatic nitrogens is 2. The van der Waals surface area contributed by atoms with Crippen molar-refractivity contribution in [1.82, 2.24) is 14.5 Å². The molecule has 29 heavy (non-hydrogen) atoms. The first-order valence-corrected chi connectivity index (χ1v) is 10.3. The van der Waals surface area contributed by atoms with E-state index in [9.17, 15) is 18.0 Å². The summed E-state index contributed by atoms with van der Waals surface area (Å²) in [5.74, 6) is -1.13. The molecule has 0 aliphatic heterocycles. The number of aryl methyl sites for hydroxylation is 2. The lowest BCUT2D eigenvalue weighted by Gasteiger charge is -2.09. The zero-order valence-electron chi connectivity index (χ0n) is 16.7. The van der Waals surface area contributed by atoms with Crippen LogP contribution in [0.5, 0.6) is 0 Å². The van der Waals surface area contributed by atoms with Crippen molar-refractivity contribution in [3.8, 4) is 0 Å². The van der Waals surface area contributed by atoms with Crippen LogP contribution in [0.25, 0.3) is 0 Å². The number of ether oxygens (including phenoxy) is 2. The van der Waals surface area contributed by atoms with Gasteiger partial charge in [-0.3, -0.25) is 9.48 Å². The predicted molar refractivity (Wildman–Crippen MR) is 105 cm³/mol. The molecule has 0 spiro atoms. The van der Waals surface area contributed by atoms with Crippen LogP contribution in [0.4, 0.5) is 5.69 Å². The molecule has 0 aliphatic carbocycles. The van der Waals surface area contributed by atoms with Gasteiger partial charge in [0.25, 0.3) is 5.91 Å². The van der Waals surface area contributed by atoms with Crippen LogP contribution in [0, 0.1) is 6.92 Å². The number of anilines is 1. The molecule has 1 heterocycles. The number of carbonyl (C=O) groups is 2. The second-order valence-corrected chi connectivity index (χ2v) is 7.75. The van der Waals surface area contributed by atoms with E-state index >= 15 is 0 Å². The van der Waals surface area contributed by atoms with Crippen molar-refractivity contribution >= 4 is 27.6 Å². The van der Waals surface area contributed by atoms with E-state index in [1.165, 1.54) is 43.2 Å². The van der Waals surface area contributed by atoms with Crippen molar-refractivity contribution < 1.29 is 27.5 Å². The minimum atomic E-state index is -3.70. The van der Waals surface area contributed by atoms with E-state index in [1.54, 1.807) is 6.92 Å². The third-order valence-electron chi connectivity index (χ3n) is 4.07. The van der Waals surface area contributed by atoms with Gasteiger partial charge in [0.05, 0.1) is 30.0 Å². The van der Waals surface area contributed by atoms with E-state index in [1.807, 2.05) is 6.92 Å². The summed E-state index contributed by atoms with van der Waals surface area (Å²) in [6.07, 6.45) is 0. The van der Waals surface area contributed by atoms with E-state index in [-0.39, 0.29) is 35.0 Å². The molecule has 10 nitrogen and oxygen atoms in total. The normalized spacial score (nSPS) is 11.3. The van der Waals surface area contributed by atoms with Gasteiger partial charge in [-0.05, 0) is 38.1 Å². The van der Waals surface area contributed by atoms with E-state index < -0.39 is 21.9 Å². The standard InChI is InChI=1S/C18H24N4O6S/c1-5-22-16(18(24)28-4)15(12(2)21-22)20-17(23)13-6-8-14(9-7-13)29(25,26)19-10-11-27-3/h6-9,19H,5,10-11H2,1-4H3,(H,20,23). The molecule has 1 aromatic heterocycles. The summed E-state index contributed by atoms with van der Waals surface area (Å²) in [5.41, 5.74) is 1.08. The van der Waals surface area contributed by atoms with E-state index in [4.69, 9.17) is 9.47 Å². The minimum Gasteiger partial charge on any atom is -0.464 e.